The molecule has 1 fully saturated rings. The fraction of sp³-hybridized carbons (Fsp3) is 1.00. The lowest BCUT2D eigenvalue weighted by Gasteiger charge is -2.52. The second-order valence-corrected chi connectivity index (χ2v) is 5.25. The first kappa shape index (κ1) is 12.9. The van der Waals surface area contributed by atoms with Crippen molar-refractivity contribution in [1.29, 1.82) is 0 Å². The largest absolute Gasteiger partial charge is 0.396 e. The quantitative estimate of drug-likeness (QED) is 0.704. The minimum absolute atomic E-state index is 0.227. The van der Waals surface area contributed by atoms with E-state index in [4.69, 9.17) is 9.84 Å². The third kappa shape index (κ3) is 2.92. The average Bonchev–Trinajstić information content (AvgIpc) is 2.21. The Balaban J connectivity index is 2.29. The highest BCUT2D eigenvalue weighted by molar-refractivity contribution is 5.02. The van der Waals surface area contributed by atoms with E-state index in [1.165, 1.54) is 0 Å². The normalized spacial score (nSPS) is 31.0. The Labute approximate surface area is 93.2 Å². The van der Waals surface area contributed by atoms with E-state index in [0.717, 1.165) is 19.6 Å². The highest BCUT2D eigenvalue weighted by Crippen LogP contribution is 2.42. The van der Waals surface area contributed by atoms with Crippen molar-refractivity contribution in [2.45, 2.75) is 46.3 Å². The number of aliphatic hydroxyl groups excluding tert-OH is 1. The molecule has 1 aliphatic rings. The number of rotatable bonds is 6. The molecule has 0 aromatic rings. The van der Waals surface area contributed by atoms with E-state index >= 15 is 0 Å². The van der Waals surface area contributed by atoms with Gasteiger partial charge in [-0.1, -0.05) is 20.8 Å². The topological polar surface area (TPSA) is 41.5 Å². The second kappa shape index (κ2) is 5.28. The molecule has 2 N–H and O–H groups in total. The second-order valence-electron chi connectivity index (χ2n) is 5.25. The van der Waals surface area contributed by atoms with Crippen molar-refractivity contribution < 1.29 is 9.84 Å². The molecule has 0 bridgehead atoms. The van der Waals surface area contributed by atoms with Crippen LogP contribution in [0.25, 0.3) is 0 Å². The summed E-state index contributed by atoms with van der Waals surface area (Å²) in [6, 6.07) is 0.531. The Morgan fingerprint density at radius 3 is 2.67 bits per heavy atom. The van der Waals surface area contributed by atoms with Gasteiger partial charge in [-0.3, -0.25) is 0 Å². The standard InChI is InChI=1S/C12H25NO2/c1-5-15-11-6-10(12(11,3)4)13-7-9(2)8-14/h9-11,13-14H,5-8H2,1-4H3. The van der Waals surface area contributed by atoms with Gasteiger partial charge in [0.1, 0.15) is 0 Å². The van der Waals surface area contributed by atoms with Crippen molar-refractivity contribution in [3.05, 3.63) is 0 Å². The molecule has 0 heterocycles. The van der Waals surface area contributed by atoms with Crippen LogP contribution in [0.15, 0.2) is 0 Å². The van der Waals surface area contributed by atoms with Gasteiger partial charge in [0.15, 0.2) is 0 Å². The van der Waals surface area contributed by atoms with Gasteiger partial charge in [0, 0.05) is 31.2 Å². The van der Waals surface area contributed by atoms with E-state index in [0.29, 0.717) is 18.1 Å². The number of ether oxygens (including phenoxy) is 1. The summed E-state index contributed by atoms with van der Waals surface area (Å²) in [6.07, 6.45) is 1.49. The summed E-state index contributed by atoms with van der Waals surface area (Å²) in [5.74, 6) is 0.340. The summed E-state index contributed by atoms with van der Waals surface area (Å²) in [7, 11) is 0. The van der Waals surface area contributed by atoms with Gasteiger partial charge in [-0.05, 0) is 19.3 Å². The van der Waals surface area contributed by atoms with Crippen molar-refractivity contribution in [2.75, 3.05) is 19.8 Å². The van der Waals surface area contributed by atoms with Crippen LogP contribution in [-0.4, -0.2) is 37.0 Å². The lowest BCUT2D eigenvalue weighted by Crippen LogP contribution is -2.61. The van der Waals surface area contributed by atoms with Gasteiger partial charge in [-0.25, -0.2) is 0 Å². The van der Waals surface area contributed by atoms with Crippen LogP contribution < -0.4 is 5.32 Å². The lowest BCUT2D eigenvalue weighted by molar-refractivity contribution is -0.114. The predicted octanol–water partition coefficient (Wildman–Crippen LogP) is 1.41. The van der Waals surface area contributed by atoms with Gasteiger partial charge in [0.2, 0.25) is 0 Å². The monoisotopic (exact) mass is 215 g/mol. The summed E-state index contributed by atoms with van der Waals surface area (Å²) in [6.45, 7) is 10.5. The SMILES string of the molecule is CCOC1CC(NCC(C)CO)C1(C)C. The third-order valence-corrected chi connectivity index (χ3v) is 3.57. The van der Waals surface area contributed by atoms with Crippen LogP contribution in [0.1, 0.15) is 34.1 Å². The molecule has 3 heteroatoms. The maximum absolute atomic E-state index is 8.94. The van der Waals surface area contributed by atoms with Crippen LogP contribution in [0.2, 0.25) is 0 Å². The first-order chi connectivity index (χ1) is 7.02. The van der Waals surface area contributed by atoms with Gasteiger partial charge < -0.3 is 15.2 Å². The summed E-state index contributed by atoms with van der Waals surface area (Å²) >= 11 is 0. The molecule has 15 heavy (non-hydrogen) atoms. The van der Waals surface area contributed by atoms with Crippen LogP contribution >= 0.6 is 0 Å². The smallest absolute Gasteiger partial charge is 0.0655 e. The number of aliphatic hydroxyl groups is 1. The first-order valence-electron chi connectivity index (χ1n) is 5.98. The van der Waals surface area contributed by atoms with Crippen LogP contribution in [0.4, 0.5) is 0 Å². The molecule has 0 amide bonds. The average molecular weight is 215 g/mol. The Morgan fingerprint density at radius 2 is 2.20 bits per heavy atom. The molecule has 1 aliphatic carbocycles. The van der Waals surface area contributed by atoms with Crippen LogP contribution in [-0.2, 0) is 4.74 Å². The third-order valence-electron chi connectivity index (χ3n) is 3.57. The minimum Gasteiger partial charge on any atom is -0.396 e. The lowest BCUT2D eigenvalue weighted by atomic mass is 9.64. The molecule has 0 spiro atoms. The molecule has 1 rings (SSSR count). The van der Waals surface area contributed by atoms with Crippen LogP contribution in [0.5, 0.6) is 0 Å². The first-order valence-corrected chi connectivity index (χ1v) is 5.98. The minimum atomic E-state index is 0.227. The molecule has 3 nitrogen and oxygen atoms in total. The summed E-state index contributed by atoms with van der Waals surface area (Å²) in [4.78, 5) is 0. The van der Waals surface area contributed by atoms with Crippen LogP contribution in [0.3, 0.4) is 0 Å². The molecule has 3 atom stereocenters. The Hall–Kier alpha value is -0.120. The summed E-state index contributed by atoms with van der Waals surface area (Å²) < 4.78 is 5.67. The molecule has 90 valence electrons. The van der Waals surface area contributed by atoms with Crippen molar-refractivity contribution in [3.8, 4) is 0 Å². The van der Waals surface area contributed by atoms with E-state index in [-0.39, 0.29) is 12.0 Å². The highest BCUT2D eigenvalue weighted by Gasteiger charge is 2.48. The van der Waals surface area contributed by atoms with Crippen molar-refractivity contribution >= 4 is 0 Å². The van der Waals surface area contributed by atoms with Crippen molar-refractivity contribution in [2.24, 2.45) is 11.3 Å². The number of hydrogen-bond donors (Lipinski definition) is 2. The zero-order valence-corrected chi connectivity index (χ0v) is 10.4. The Kier molecular flexibility index (Phi) is 4.56. The molecule has 0 aliphatic heterocycles. The fourth-order valence-electron chi connectivity index (χ4n) is 2.12. The molecule has 3 unspecified atom stereocenters. The van der Waals surface area contributed by atoms with Gasteiger partial charge in [-0.15, -0.1) is 0 Å². The van der Waals surface area contributed by atoms with Crippen molar-refractivity contribution in [3.63, 3.8) is 0 Å². The molecule has 0 radical (unpaired) electrons. The molecular formula is C12H25NO2. The van der Waals surface area contributed by atoms with Gasteiger partial charge >= 0.3 is 0 Å². The van der Waals surface area contributed by atoms with E-state index in [2.05, 4.69) is 26.1 Å². The van der Waals surface area contributed by atoms with Gasteiger partial charge in [0.05, 0.1) is 6.10 Å². The predicted molar refractivity (Wildman–Crippen MR) is 61.9 cm³/mol. The molecule has 1 saturated carbocycles. The van der Waals surface area contributed by atoms with E-state index in [9.17, 15) is 0 Å². The maximum Gasteiger partial charge on any atom is 0.0655 e. The van der Waals surface area contributed by atoms with Crippen LogP contribution in [0, 0.1) is 11.3 Å². The fourth-order valence-corrected chi connectivity index (χ4v) is 2.12. The van der Waals surface area contributed by atoms with E-state index < -0.39 is 0 Å². The molecule has 0 aromatic carbocycles. The Bertz CT molecular complexity index is 194. The molecule has 0 saturated heterocycles. The summed E-state index contributed by atoms with van der Waals surface area (Å²) in [5, 5.41) is 12.4. The zero-order valence-electron chi connectivity index (χ0n) is 10.4. The zero-order chi connectivity index (χ0) is 11.5. The maximum atomic E-state index is 8.94. The number of hydrogen-bond acceptors (Lipinski definition) is 3. The highest BCUT2D eigenvalue weighted by atomic mass is 16.5. The molecule has 0 aromatic heterocycles. The van der Waals surface area contributed by atoms with E-state index in [1.54, 1.807) is 0 Å². The molecular weight excluding hydrogens is 190 g/mol. The summed E-state index contributed by atoms with van der Waals surface area (Å²) in [5.41, 5.74) is 0.227. The van der Waals surface area contributed by atoms with Gasteiger partial charge in [-0.2, -0.15) is 0 Å². The van der Waals surface area contributed by atoms with Gasteiger partial charge in [0.25, 0.3) is 0 Å². The van der Waals surface area contributed by atoms with E-state index in [1.807, 2.05) is 6.92 Å². The van der Waals surface area contributed by atoms with Crippen molar-refractivity contribution in [1.82, 2.24) is 5.32 Å². The Morgan fingerprint density at radius 1 is 1.53 bits per heavy atom. The number of nitrogens with one attached hydrogen (secondary N) is 1.